The molecule has 72 valence electrons. The fourth-order valence-corrected chi connectivity index (χ4v) is 3.54. The molecule has 0 saturated carbocycles. The van der Waals surface area contributed by atoms with E-state index in [-0.39, 0.29) is 0 Å². The van der Waals surface area contributed by atoms with Crippen LogP contribution in [0.5, 0.6) is 0 Å². The van der Waals surface area contributed by atoms with Gasteiger partial charge < -0.3 is 4.43 Å². The molecule has 0 aliphatic rings. The maximum absolute atomic E-state index is 5.85. The molecule has 0 aromatic heterocycles. The number of hydrogen-bond donors (Lipinski definition) is 0. The Kier molecular flexibility index (Phi) is 3.78. The van der Waals surface area contributed by atoms with Gasteiger partial charge in [0.05, 0.1) is 13.8 Å². The molecule has 0 rings (SSSR count). The molecule has 0 fully saturated rings. The lowest BCUT2D eigenvalue weighted by Gasteiger charge is -2.21. The Labute approximate surface area is 79.0 Å². The second kappa shape index (κ2) is 3.79. The molecular formula is C9H22OSi2. The summed E-state index contributed by atoms with van der Waals surface area (Å²) < 4.78 is 5.85. The molecule has 0 N–H and O–H groups in total. The van der Waals surface area contributed by atoms with Gasteiger partial charge in [-0.2, -0.15) is 0 Å². The zero-order valence-corrected chi connectivity index (χ0v) is 11.5. The van der Waals surface area contributed by atoms with Crippen LogP contribution in [-0.2, 0) is 4.43 Å². The first kappa shape index (κ1) is 12.0. The Morgan fingerprint density at radius 2 is 1.42 bits per heavy atom. The van der Waals surface area contributed by atoms with Crippen LogP contribution in [0.4, 0.5) is 0 Å². The fraction of sp³-hybridized carbons (Fsp3) is 0.778. The van der Waals surface area contributed by atoms with Crippen molar-refractivity contribution >= 4 is 16.4 Å². The summed E-state index contributed by atoms with van der Waals surface area (Å²) in [6.45, 7) is 15.7. The molecule has 0 unspecified atom stereocenters. The SMILES string of the molecule is C/C(=C/[Si](C)(C)C)O[Si](C)(C)C. The van der Waals surface area contributed by atoms with E-state index >= 15 is 0 Å². The second-order valence-electron chi connectivity index (χ2n) is 5.34. The second-order valence-corrected chi connectivity index (χ2v) is 14.8. The molecule has 0 atom stereocenters. The van der Waals surface area contributed by atoms with Crippen molar-refractivity contribution in [2.75, 3.05) is 0 Å². The van der Waals surface area contributed by atoms with Crippen molar-refractivity contribution in [3.05, 3.63) is 11.5 Å². The van der Waals surface area contributed by atoms with Crippen molar-refractivity contribution in [3.63, 3.8) is 0 Å². The van der Waals surface area contributed by atoms with Gasteiger partial charge in [-0.3, -0.25) is 0 Å². The Morgan fingerprint density at radius 1 is 1.00 bits per heavy atom. The minimum atomic E-state index is -1.37. The molecular weight excluding hydrogens is 180 g/mol. The van der Waals surface area contributed by atoms with Gasteiger partial charge in [0.2, 0.25) is 8.32 Å². The quantitative estimate of drug-likeness (QED) is 0.502. The monoisotopic (exact) mass is 202 g/mol. The first-order valence-corrected chi connectivity index (χ1v) is 11.5. The van der Waals surface area contributed by atoms with Gasteiger partial charge in [-0.1, -0.05) is 25.3 Å². The van der Waals surface area contributed by atoms with Crippen LogP contribution in [0.25, 0.3) is 0 Å². The molecule has 0 aliphatic carbocycles. The van der Waals surface area contributed by atoms with Crippen LogP contribution >= 0.6 is 0 Å². The van der Waals surface area contributed by atoms with Crippen LogP contribution in [0.15, 0.2) is 11.5 Å². The number of allylic oxidation sites excluding steroid dienone is 1. The zero-order valence-electron chi connectivity index (χ0n) is 9.49. The molecule has 0 radical (unpaired) electrons. The van der Waals surface area contributed by atoms with Gasteiger partial charge in [-0.15, -0.1) is 0 Å². The normalized spacial score (nSPS) is 14.8. The molecule has 0 saturated heterocycles. The summed E-state index contributed by atoms with van der Waals surface area (Å²) in [5, 5.41) is 0. The van der Waals surface area contributed by atoms with Crippen LogP contribution in [0.2, 0.25) is 39.3 Å². The van der Waals surface area contributed by atoms with Gasteiger partial charge in [0.15, 0.2) is 0 Å². The van der Waals surface area contributed by atoms with Crippen LogP contribution in [0.3, 0.4) is 0 Å². The summed E-state index contributed by atoms with van der Waals surface area (Å²) in [4.78, 5) is 0. The minimum absolute atomic E-state index is 1.08. The molecule has 0 aromatic carbocycles. The third kappa shape index (κ3) is 8.07. The Balaban J connectivity index is 4.23. The first-order chi connectivity index (χ1) is 5.10. The summed E-state index contributed by atoms with van der Waals surface area (Å²) in [6, 6.07) is 0. The van der Waals surface area contributed by atoms with Gasteiger partial charge in [0.1, 0.15) is 0 Å². The third-order valence-electron chi connectivity index (χ3n) is 1.10. The van der Waals surface area contributed by atoms with Crippen molar-refractivity contribution in [1.29, 1.82) is 0 Å². The maximum Gasteiger partial charge on any atom is 0.241 e. The average Bonchev–Trinajstić information content (AvgIpc) is 1.49. The number of rotatable bonds is 3. The number of hydrogen-bond acceptors (Lipinski definition) is 1. The van der Waals surface area contributed by atoms with Gasteiger partial charge in [0.25, 0.3) is 0 Å². The predicted octanol–water partition coefficient (Wildman–Crippen LogP) is 3.62. The standard InChI is InChI=1S/C9H22OSi2/c1-9(8-11(2,3)4)10-12(5,6)7/h8H,1-7H3/b9-8-. The summed E-state index contributed by atoms with van der Waals surface area (Å²) in [6.07, 6.45) is 0. The van der Waals surface area contributed by atoms with E-state index < -0.39 is 16.4 Å². The summed E-state index contributed by atoms with van der Waals surface area (Å²) in [5.74, 6) is 1.13. The van der Waals surface area contributed by atoms with Crippen molar-refractivity contribution < 1.29 is 4.43 Å². The fourth-order valence-electron chi connectivity index (χ4n) is 1.12. The Bertz CT molecular complexity index is 172. The molecule has 0 amide bonds. The van der Waals surface area contributed by atoms with Crippen molar-refractivity contribution in [2.45, 2.75) is 46.2 Å². The van der Waals surface area contributed by atoms with Crippen LogP contribution in [-0.4, -0.2) is 16.4 Å². The average molecular weight is 202 g/mol. The minimum Gasteiger partial charge on any atom is -0.548 e. The predicted molar refractivity (Wildman–Crippen MR) is 61.5 cm³/mol. The largest absolute Gasteiger partial charge is 0.548 e. The molecule has 3 heteroatoms. The van der Waals surface area contributed by atoms with Gasteiger partial charge in [-0.25, -0.2) is 0 Å². The van der Waals surface area contributed by atoms with Crippen molar-refractivity contribution in [3.8, 4) is 0 Å². The van der Waals surface area contributed by atoms with Crippen LogP contribution < -0.4 is 0 Å². The van der Waals surface area contributed by atoms with E-state index in [1.54, 1.807) is 0 Å². The summed E-state index contributed by atoms with van der Waals surface area (Å²) in [7, 11) is -2.45. The third-order valence-corrected chi connectivity index (χ3v) is 3.31. The highest BCUT2D eigenvalue weighted by molar-refractivity contribution is 6.81. The van der Waals surface area contributed by atoms with Gasteiger partial charge in [-0.05, 0) is 26.6 Å². The van der Waals surface area contributed by atoms with E-state index in [1.165, 1.54) is 0 Å². The van der Waals surface area contributed by atoms with E-state index in [0.29, 0.717) is 0 Å². The Morgan fingerprint density at radius 3 is 1.67 bits per heavy atom. The van der Waals surface area contributed by atoms with Crippen molar-refractivity contribution in [2.24, 2.45) is 0 Å². The Hall–Kier alpha value is -0.0262. The molecule has 0 spiro atoms. The highest BCUT2D eigenvalue weighted by Gasteiger charge is 2.17. The molecule has 0 aromatic rings. The zero-order chi connectivity index (χ0) is 9.99. The van der Waals surface area contributed by atoms with E-state index in [4.69, 9.17) is 4.43 Å². The molecule has 0 heterocycles. The van der Waals surface area contributed by atoms with E-state index in [1.807, 2.05) is 0 Å². The van der Waals surface area contributed by atoms with E-state index in [2.05, 4.69) is 51.9 Å². The molecule has 12 heavy (non-hydrogen) atoms. The molecule has 1 nitrogen and oxygen atoms in total. The lowest BCUT2D eigenvalue weighted by Crippen LogP contribution is -2.26. The van der Waals surface area contributed by atoms with Gasteiger partial charge in [0, 0.05) is 0 Å². The van der Waals surface area contributed by atoms with Gasteiger partial charge >= 0.3 is 0 Å². The highest BCUT2D eigenvalue weighted by Crippen LogP contribution is 2.13. The summed E-state index contributed by atoms with van der Waals surface area (Å²) >= 11 is 0. The lowest BCUT2D eigenvalue weighted by atomic mass is 10.7. The maximum atomic E-state index is 5.85. The lowest BCUT2D eigenvalue weighted by molar-refractivity contribution is 0.425. The van der Waals surface area contributed by atoms with E-state index in [9.17, 15) is 0 Å². The molecule has 0 aliphatic heterocycles. The van der Waals surface area contributed by atoms with Crippen LogP contribution in [0.1, 0.15) is 6.92 Å². The molecule has 0 bridgehead atoms. The smallest absolute Gasteiger partial charge is 0.241 e. The topological polar surface area (TPSA) is 9.23 Å². The summed E-state index contributed by atoms with van der Waals surface area (Å²) in [5.41, 5.74) is 2.32. The van der Waals surface area contributed by atoms with Crippen LogP contribution in [0, 0.1) is 0 Å². The van der Waals surface area contributed by atoms with Crippen molar-refractivity contribution in [1.82, 2.24) is 0 Å². The first-order valence-electron chi connectivity index (χ1n) is 4.49. The highest BCUT2D eigenvalue weighted by atomic mass is 28.4. The van der Waals surface area contributed by atoms with E-state index in [0.717, 1.165) is 5.76 Å².